The van der Waals surface area contributed by atoms with Gasteiger partial charge >= 0.3 is 11.9 Å². The number of rotatable bonds is 2. The topological polar surface area (TPSA) is 74.6 Å². The predicted molar refractivity (Wildman–Crippen MR) is 48.2 cm³/mol. The summed E-state index contributed by atoms with van der Waals surface area (Å²) in [6.45, 7) is 5.02. The molecule has 0 unspecified atom stereocenters. The summed E-state index contributed by atoms with van der Waals surface area (Å²) in [7, 11) is 0. The lowest BCUT2D eigenvalue weighted by atomic mass is 10.4. The molecule has 0 aromatic rings. The van der Waals surface area contributed by atoms with E-state index >= 15 is 0 Å². The lowest BCUT2D eigenvalue weighted by Gasteiger charge is -1.75. The van der Waals surface area contributed by atoms with E-state index < -0.39 is 11.9 Å². The highest BCUT2D eigenvalue weighted by Crippen LogP contribution is 1.74. The van der Waals surface area contributed by atoms with E-state index in [0.717, 1.165) is 0 Å². The van der Waals surface area contributed by atoms with Crippen LogP contribution in [0, 0.1) is 11.8 Å². The molecule has 0 aliphatic carbocycles. The zero-order valence-electron chi connectivity index (χ0n) is 7.41. The van der Waals surface area contributed by atoms with E-state index in [0.29, 0.717) is 6.42 Å². The highest BCUT2D eigenvalue weighted by molar-refractivity contribution is 5.86. The first kappa shape index (κ1) is 13.8. The van der Waals surface area contributed by atoms with Crippen molar-refractivity contribution in [2.45, 2.75) is 19.8 Å². The monoisotopic (exact) mass is 184 g/mol. The fraction of sp³-hybridized carbons (Fsp3) is 0.333. The minimum Gasteiger partial charge on any atom is -0.481 e. The van der Waals surface area contributed by atoms with Crippen LogP contribution in [0.4, 0.5) is 0 Å². The van der Waals surface area contributed by atoms with Crippen molar-refractivity contribution in [2.24, 2.45) is 0 Å². The average Bonchev–Trinajstić information content (AvgIpc) is 2.01. The van der Waals surface area contributed by atoms with Crippen molar-refractivity contribution < 1.29 is 19.8 Å². The van der Waals surface area contributed by atoms with Crippen LogP contribution >= 0.6 is 0 Å². The van der Waals surface area contributed by atoms with Gasteiger partial charge in [0.15, 0.2) is 0 Å². The van der Waals surface area contributed by atoms with Gasteiger partial charge in [-0.25, -0.2) is 4.79 Å². The quantitative estimate of drug-likeness (QED) is 0.498. The molecule has 0 saturated heterocycles. The molecule has 2 N–H and O–H groups in total. The van der Waals surface area contributed by atoms with Crippen LogP contribution in [0.15, 0.2) is 12.7 Å². The molecule has 0 spiro atoms. The summed E-state index contributed by atoms with van der Waals surface area (Å²) in [5.74, 6) is 2.48. The maximum Gasteiger partial charge on any atom is 0.381 e. The number of hydrogen-bond donors (Lipinski definition) is 2. The Morgan fingerprint density at radius 2 is 2.00 bits per heavy atom. The summed E-state index contributed by atoms with van der Waals surface area (Å²) in [5.41, 5.74) is 0. The van der Waals surface area contributed by atoms with Gasteiger partial charge in [-0.2, -0.15) is 0 Å². The number of aliphatic carboxylic acids is 2. The van der Waals surface area contributed by atoms with Crippen molar-refractivity contribution in [3.8, 4) is 11.8 Å². The molecule has 0 amide bonds. The van der Waals surface area contributed by atoms with Crippen molar-refractivity contribution in [3.63, 3.8) is 0 Å². The third-order valence-corrected chi connectivity index (χ3v) is 0.691. The van der Waals surface area contributed by atoms with E-state index in [9.17, 15) is 9.59 Å². The van der Waals surface area contributed by atoms with Crippen LogP contribution in [-0.2, 0) is 9.59 Å². The molecule has 0 atom stereocenters. The van der Waals surface area contributed by atoms with Crippen LogP contribution in [0.3, 0.4) is 0 Å². The largest absolute Gasteiger partial charge is 0.481 e. The molecule has 0 aromatic carbocycles. The minimum atomic E-state index is -1.05. The summed E-state index contributed by atoms with van der Waals surface area (Å²) < 4.78 is 0. The van der Waals surface area contributed by atoms with Gasteiger partial charge in [-0.1, -0.05) is 18.9 Å². The summed E-state index contributed by atoms with van der Waals surface area (Å²) in [6.07, 6.45) is 2.01. The van der Waals surface area contributed by atoms with Crippen molar-refractivity contribution >= 4 is 11.9 Å². The lowest BCUT2D eigenvalue weighted by molar-refractivity contribution is -0.136. The van der Waals surface area contributed by atoms with Crippen LogP contribution in [0.2, 0.25) is 0 Å². The number of carboxylic acid groups (broad SMARTS) is 2. The van der Waals surface area contributed by atoms with Gasteiger partial charge in [-0.3, -0.25) is 4.79 Å². The molecule has 4 heteroatoms. The van der Waals surface area contributed by atoms with E-state index in [1.54, 1.807) is 6.92 Å². The maximum absolute atomic E-state index is 9.58. The summed E-state index contributed by atoms with van der Waals surface area (Å²) >= 11 is 0. The van der Waals surface area contributed by atoms with Crippen LogP contribution in [-0.4, -0.2) is 22.2 Å². The molecule has 4 nitrogen and oxygen atoms in total. The first-order chi connectivity index (χ1) is 6.04. The molecule has 0 heterocycles. The molecular weight excluding hydrogens is 172 g/mol. The van der Waals surface area contributed by atoms with E-state index in [-0.39, 0.29) is 6.42 Å². The van der Waals surface area contributed by atoms with Gasteiger partial charge in [-0.05, 0) is 0 Å². The van der Waals surface area contributed by atoms with Crippen molar-refractivity contribution in [2.75, 3.05) is 0 Å². The second-order valence-electron chi connectivity index (χ2n) is 1.85. The van der Waals surface area contributed by atoms with E-state index in [1.165, 1.54) is 6.08 Å². The van der Waals surface area contributed by atoms with Gasteiger partial charge in [0, 0.05) is 12.3 Å². The summed E-state index contributed by atoms with van der Waals surface area (Å²) in [4.78, 5) is 19.1. The molecule has 0 fully saturated rings. The minimum absolute atomic E-state index is 0.0556. The maximum atomic E-state index is 9.58. The normalized spacial score (nSPS) is 6.85. The Kier molecular flexibility index (Phi) is 10.9. The summed E-state index contributed by atoms with van der Waals surface area (Å²) in [6, 6.07) is 0. The Morgan fingerprint density at radius 1 is 1.46 bits per heavy atom. The smallest absolute Gasteiger partial charge is 0.381 e. The Morgan fingerprint density at radius 3 is 2.08 bits per heavy atom. The SMILES string of the molecule is C=CCC(=O)O.CCC#CC(=O)O. The van der Waals surface area contributed by atoms with Gasteiger partial charge in [0.2, 0.25) is 0 Å². The molecule has 0 rings (SSSR count). The zero-order chi connectivity index (χ0) is 10.7. The van der Waals surface area contributed by atoms with E-state index in [1.807, 2.05) is 5.92 Å². The molecule has 0 saturated carbocycles. The summed E-state index contributed by atoms with van der Waals surface area (Å²) in [5, 5.41) is 15.7. The second-order valence-corrected chi connectivity index (χ2v) is 1.85. The molecule has 0 aliphatic heterocycles. The van der Waals surface area contributed by atoms with Gasteiger partial charge < -0.3 is 10.2 Å². The third kappa shape index (κ3) is 25.3. The van der Waals surface area contributed by atoms with Crippen LogP contribution in [0.25, 0.3) is 0 Å². The zero-order valence-corrected chi connectivity index (χ0v) is 7.41. The molecular formula is C9H12O4. The molecule has 0 radical (unpaired) electrons. The molecule has 0 aromatic heterocycles. The van der Waals surface area contributed by atoms with Gasteiger partial charge in [0.1, 0.15) is 0 Å². The highest BCUT2D eigenvalue weighted by atomic mass is 16.4. The number of carboxylic acids is 2. The second kappa shape index (κ2) is 10.2. The average molecular weight is 184 g/mol. The van der Waals surface area contributed by atoms with Gasteiger partial charge in [0.25, 0.3) is 0 Å². The number of carbonyl (C=O) groups is 2. The van der Waals surface area contributed by atoms with Crippen molar-refractivity contribution in [1.29, 1.82) is 0 Å². The Hall–Kier alpha value is -1.76. The first-order valence-corrected chi connectivity index (χ1v) is 3.59. The highest BCUT2D eigenvalue weighted by Gasteiger charge is 1.84. The van der Waals surface area contributed by atoms with Gasteiger partial charge in [0.05, 0.1) is 6.42 Å². The lowest BCUT2D eigenvalue weighted by Crippen LogP contribution is -1.88. The van der Waals surface area contributed by atoms with E-state index in [2.05, 4.69) is 12.5 Å². The van der Waals surface area contributed by atoms with Crippen LogP contribution in [0.5, 0.6) is 0 Å². The van der Waals surface area contributed by atoms with E-state index in [4.69, 9.17) is 10.2 Å². The predicted octanol–water partition coefficient (Wildman–Crippen LogP) is 1.13. The standard InChI is InChI=1S/C5H6O2.C4H6O2/c1-2-3-4-5(6)7;1-2-3-4(5)6/h2H2,1H3,(H,6,7);2H,1,3H2,(H,5,6). The fourth-order valence-corrected chi connectivity index (χ4v) is 0.287. The van der Waals surface area contributed by atoms with Crippen molar-refractivity contribution in [1.82, 2.24) is 0 Å². The Balaban J connectivity index is 0. The number of hydrogen-bond acceptors (Lipinski definition) is 2. The van der Waals surface area contributed by atoms with Crippen LogP contribution in [0.1, 0.15) is 19.8 Å². The van der Waals surface area contributed by atoms with Crippen molar-refractivity contribution in [3.05, 3.63) is 12.7 Å². The molecule has 72 valence electrons. The third-order valence-electron chi connectivity index (χ3n) is 0.691. The molecule has 0 bridgehead atoms. The van der Waals surface area contributed by atoms with Gasteiger partial charge in [-0.15, -0.1) is 6.58 Å². The fourth-order valence-electron chi connectivity index (χ4n) is 0.287. The Bertz CT molecular complexity index is 232. The molecule has 13 heavy (non-hydrogen) atoms. The van der Waals surface area contributed by atoms with Crippen LogP contribution < -0.4 is 0 Å². The molecule has 0 aliphatic rings. The Labute approximate surface area is 76.9 Å². The first-order valence-electron chi connectivity index (χ1n) is 3.59.